The Kier molecular flexibility index (Phi) is 4.73. The maximum Gasteiger partial charge on any atom is 0.248 e. The highest BCUT2D eigenvalue weighted by atomic mass is 16.5. The number of ether oxygens (including phenoxy) is 2. The second-order valence-corrected chi connectivity index (χ2v) is 6.20. The molecule has 0 aliphatic carbocycles. The van der Waals surface area contributed by atoms with Gasteiger partial charge in [-0.3, -0.25) is 14.4 Å². The molecular weight excluding hydrogens is 314 g/mol. The fourth-order valence-corrected chi connectivity index (χ4v) is 3.64. The van der Waals surface area contributed by atoms with E-state index in [-0.39, 0.29) is 43.6 Å². The largest absolute Gasteiger partial charge is 0.375 e. The molecule has 3 heterocycles. The molecule has 3 amide bonds. The number of methoxy groups -OCH3 is 1. The Morgan fingerprint density at radius 3 is 2.67 bits per heavy atom. The van der Waals surface area contributed by atoms with Gasteiger partial charge in [-0.05, 0) is 0 Å². The Morgan fingerprint density at radius 1 is 1.21 bits per heavy atom. The molecule has 0 saturated carbocycles. The lowest BCUT2D eigenvalue weighted by molar-refractivity contribution is -0.165. The summed E-state index contributed by atoms with van der Waals surface area (Å²) in [5.41, 5.74) is 0. The number of fused-ring (bicyclic) bond motifs is 2. The molecule has 3 aliphatic heterocycles. The van der Waals surface area contributed by atoms with E-state index >= 15 is 0 Å². The maximum atomic E-state index is 12.8. The second-order valence-electron chi connectivity index (χ2n) is 6.20. The van der Waals surface area contributed by atoms with E-state index in [1.807, 2.05) is 0 Å². The molecular formula is C16H21N3O5. The molecule has 130 valence electrons. The van der Waals surface area contributed by atoms with E-state index in [1.54, 1.807) is 14.7 Å². The molecule has 8 nitrogen and oxygen atoms in total. The van der Waals surface area contributed by atoms with Crippen molar-refractivity contribution < 1.29 is 23.9 Å². The van der Waals surface area contributed by atoms with Crippen molar-refractivity contribution in [3.05, 3.63) is 0 Å². The standard InChI is InChI=1S/C16H21N3O5/c1-3-6-24-11-7-12-15(21)18-5-4-17(14(20)10-23-2)9-13(18)16(22)19(12)8-11/h1,11-13H,4-10H2,2H3/t11-,12+,13+/m1/s1. The molecule has 0 bridgehead atoms. The van der Waals surface area contributed by atoms with Crippen LogP contribution in [0.5, 0.6) is 0 Å². The molecule has 0 aromatic rings. The summed E-state index contributed by atoms with van der Waals surface area (Å²) in [5.74, 6) is 2.04. The Labute approximate surface area is 140 Å². The third-order valence-electron chi connectivity index (χ3n) is 4.80. The predicted molar refractivity (Wildman–Crippen MR) is 82.6 cm³/mol. The van der Waals surface area contributed by atoms with E-state index in [9.17, 15) is 14.4 Å². The highest BCUT2D eigenvalue weighted by Crippen LogP contribution is 2.30. The van der Waals surface area contributed by atoms with Crippen molar-refractivity contribution in [2.45, 2.75) is 24.6 Å². The fourth-order valence-electron chi connectivity index (χ4n) is 3.64. The van der Waals surface area contributed by atoms with E-state index in [4.69, 9.17) is 15.9 Å². The summed E-state index contributed by atoms with van der Waals surface area (Å²) in [5, 5.41) is 0. The zero-order valence-corrected chi connectivity index (χ0v) is 13.6. The van der Waals surface area contributed by atoms with Gasteiger partial charge in [0.25, 0.3) is 0 Å². The summed E-state index contributed by atoms with van der Waals surface area (Å²) in [6.45, 7) is 1.51. The lowest BCUT2D eigenvalue weighted by Gasteiger charge is -2.47. The first-order valence-electron chi connectivity index (χ1n) is 7.99. The van der Waals surface area contributed by atoms with Crippen molar-refractivity contribution in [1.82, 2.24) is 14.7 Å². The molecule has 0 N–H and O–H groups in total. The zero-order chi connectivity index (χ0) is 17.3. The minimum absolute atomic E-state index is 0.0246. The molecule has 0 spiro atoms. The highest BCUT2D eigenvalue weighted by molar-refractivity contribution is 5.98. The van der Waals surface area contributed by atoms with Gasteiger partial charge in [-0.2, -0.15) is 0 Å². The van der Waals surface area contributed by atoms with Crippen LogP contribution in [0.3, 0.4) is 0 Å². The molecule has 0 unspecified atom stereocenters. The van der Waals surface area contributed by atoms with Crippen LogP contribution in [0.25, 0.3) is 0 Å². The Bertz CT molecular complexity index is 587. The minimum Gasteiger partial charge on any atom is -0.375 e. The van der Waals surface area contributed by atoms with Crippen LogP contribution in [0.2, 0.25) is 0 Å². The monoisotopic (exact) mass is 335 g/mol. The Hall–Kier alpha value is -2.11. The van der Waals surface area contributed by atoms with Gasteiger partial charge in [0.15, 0.2) is 0 Å². The van der Waals surface area contributed by atoms with Gasteiger partial charge in [-0.15, -0.1) is 6.42 Å². The summed E-state index contributed by atoms with van der Waals surface area (Å²) in [6.07, 6.45) is 5.45. The van der Waals surface area contributed by atoms with E-state index in [2.05, 4.69) is 5.92 Å². The number of terminal acetylenes is 1. The first-order valence-corrected chi connectivity index (χ1v) is 7.99. The molecule has 0 aromatic carbocycles. The van der Waals surface area contributed by atoms with Crippen LogP contribution in [0.1, 0.15) is 6.42 Å². The number of amides is 3. The average Bonchev–Trinajstić information content (AvgIpc) is 3.02. The highest BCUT2D eigenvalue weighted by Gasteiger charge is 2.52. The number of nitrogens with zero attached hydrogens (tertiary/aromatic N) is 3. The Balaban J connectivity index is 1.71. The second kappa shape index (κ2) is 6.79. The first-order chi connectivity index (χ1) is 11.6. The van der Waals surface area contributed by atoms with Gasteiger partial charge in [0, 0.05) is 33.2 Å². The van der Waals surface area contributed by atoms with E-state index in [1.165, 1.54) is 7.11 Å². The molecule has 0 aromatic heterocycles. The molecule has 24 heavy (non-hydrogen) atoms. The minimum atomic E-state index is -0.616. The summed E-state index contributed by atoms with van der Waals surface area (Å²) >= 11 is 0. The van der Waals surface area contributed by atoms with Crippen molar-refractivity contribution in [2.75, 3.05) is 46.5 Å². The van der Waals surface area contributed by atoms with Gasteiger partial charge in [0.2, 0.25) is 17.7 Å². The number of rotatable bonds is 4. The molecule has 0 radical (unpaired) electrons. The number of piperazine rings is 2. The fraction of sp³-hybridized carbons (Fsp3) is 0.688. The zero-order valence-electron chi connectivity index (χ0n) is 13.6. The SMILES string of the molecule is C#CCO[C@@H]1C[C@H]2C(=O)N3CCN(C(=O)COC)C[C@H]3C(=O)N2C1. The van der Waals surface area contributed by atoms with Crippen LogP contribution in [0.15, 0.2) is 0 Å². The smallest absolute Gasteiger partial charge is 0.248 e. The summed E-state index contributed by atoms with van der Waals surface area (Å²) in [6, 6.07) is -1.09. The van der Waals surface area contributed by atoms with E-state index in [0.29, 0.717) is 26.1 Å². The molecule has 3 saturated heterocycles. The van der Waals surface area contributed by atoms with Crippen LogP contribution < -0.4 is 0 Å². The van der Waals surface area contributed by atoms with Crippen molar-refractivity contribution in [2.24, 2.45) is 0 Å². The molecule has 3 rings (SSSR count). The Morgan fingerprint density at radius 2 is 1.96 bits per heavy atom. The van der Waals surface area contributed by atoms with E-state index in [0.717, 1.165) is 0 Å². The first kappa shape index (κ1) is 16.7. The topological polar surface area (TPSA) is 79.4 Å². The quantitative estimate of drug-likeness (QED) is 0.573. The lowest BCUT2D eigenvalue weighted by Crippen LogP contribution is -2.69. The van der Waals surface area contributed by atoms with Crippen LogP contribution in [-0.2, 0) is 23.9 Å². The van der Waals surface area contributed by atoms with Crippen molar-refractivity contribution >= 4 is 17.7 Å². The number of carbonyl (C=O) groups excluding carboxylic acids is 3. The molecule has 3 atom stereocenters. The molecule has 3 aliphatic rings. The number of hydrogen-bond donors (Lipinski definition) is 0. The van der Waals surface area contributed by atoms with Gasteiger partial charge in [0.05, 0.1) is 12.6 Å². The van der Waals surface area contributed by atoms with Gasteiger partial charge >= 0.3 is 0 Å². The summed E-state index contributed by atoms with van der Waals surface area (Å²) in [4.78, 5) is 42.3. The lowest BCUT2D eigenvalue weighted by atomic mass is 10.0. The van der Waals surface area contributed by atoms with Crippen molar-refractivity contribution in [3.8, 4) is 12.3 Å². The molecule has 8 heteroatoms. The van der Waals surface area contributed by atoms with E-state index < -0.39 is 12.1 Å². The number of carbonyl (C=O) groups is 3. The maximum absolute atomic E-state index is 12.8. The summed E-state index contributed by atoms with van der Waals surface area (Å²) < 4.78 is 10.4. The third kappa shape index (κ3) is 2.85. The van der Waals surface area contributed by atoms with Crippen molar-refractivity contribution in [3.63, 3.8) is 0 Å². The van der Waals surface area contributed by atoms with Crippen LogP contribution >= 0.6 is 0 Å². The van der Waals surface area contributed by atoms with Crippen LogP contribution in [0.4, 0.5) is 0 Å². The van der Waals surface area contributed by atoms with Crippen LogP contribution in [-0.4, -0.2) is 97.1 Å². The normalized spacial score (nSPS) is 29.3. The predicted octanol–water partition coefficient (Wildman–Crippen LogP) is -1.69. The van der Waals surface area contributed by atoms with Gasteiger partial charge < -0.3 is 24.2 Å². The van der Waals surface area contributed by atoms with Gasteiger partial charge in [-0.25, -0.2) is 0 Å². The van der Waals surface area contributed by atoms with Crippen LogP contribution in [0, 0.1) is 12.3 Å². The average molecular weight is 335 g/mol. The summed E-state index contributed by atoms with van der Waals surface area (Å²) in [7, 11) is 1.45. The third-order valence-corrected chi connectivity index (χ3v) is 4.80. The van der Waals surface area contributed by atoms with Crippen molar-refractivity contribution in [1.29, 1.82) is 0 Å². The van der Waals surface area contributed by atoms with Gasteiger partial charge in [0.1, 0.15) is 25.3 Å². The molecule has 3 fully saturated rings. The number of hydrogen-bond acceptors (Lipinski definition) is 5. The van der Waals surface area contributed by atoms with Gasteiger partial charge in [-0.1, -0.05) is 5.92 Å².